The predicted molar refractivity (Wildman–Crippen MR) is 43.4 cm³/mol. The summed E-state index contributed by atoms with van der Waals surface area (Å²) in [4.78, 5) is 0. The van der Waals surface area contributed by atoms with Crippen molar-refractivity contribution < 1.29 is 8.42 Å². The Morgan fingerprint density at radius 3 is 2.73 bits per heavy atom. The zero-order valence-electron chi connectivity index (χ0n) is 5.69. The Labute approximate surface area is 65.1 Å². The Bertz CT molecular complexity index is 405. The lowest BCUT2D eigenvalue weighted by Gasteiger charge is -2.03. The van der Waals surface area contributed by atoms with Gasteiger partial charge in [0, 0.05) is 10.8 Å². The topological polar surface area (TPSA) is 34.1 Å². The summed E-state index contributed by atoms with van der Waals surface area (Å²) in [6.45, 7) is 0. The highest BCUT2D eigenvalue weighted by Gasteiger charge is 2.13. The molecule has 0 aromatic rings. The van der Waals surface area contributed by atoms with Crippen LogP contribution >= 0.6 is 0 Å². The van der Waals surface area contributed by atoms with Crippen LogP contribution in [0.4, 0.5) is 0 Å². The largest absolute Gasteiger partial charge is 0.220 e. The van der Waals surface area contributed by atoms with Gasteiger partial charge in [-0.25, -0.2) is 8.42 Å². The first-order valence-corrected chi connectivity index (χ1v) is 4.82. The summed E-state index contributed by atoms with van der Waals surface area (Å²) in [5.41, 5.74) is 1.76. The summed E-state index contributed by atoms with van der Waals surface area (Å²) in [7, 11) is -3.07. The van der Waals surface area contributed by atoms with Crippen molar-refractivity contribution in [1.82, 2.24) is 0 Å². The molecule has 0 aromatic carbocycles. The minimum atomic E-state index is -3.07. The lowest BCUT2D eigenvalue weighted by molar-refractivity contribution is 0.612. The van der Waals surface area contributed by atoms with Gasteiger partial charge in [-0.1, -0.05) is 18.2 Å². The third-order valence-electron chi connectivity index (χ3n) is 1.61. The maximum absolute atomic E-state index is 11.0. The van der Waals surface area contributed by atoms with Crippen molar-refractivity contribution in [3.8, 4) is 0 Å². The molecule has 0 saturated carbocycles. The van der Waals surface area contributed by atoms with Crippen molar-refractivity contribution in [1.29, 1.82) is 0 Å². The van der Waals surface area contributed by atoms with Gasteiger partial charge in [0.1, 0.15) is 0 Å². The first kappa shape index (κ1) is 6.61. The van der Waals surface area contributed by atoms with E-state index in [9.17, 15) is 8.42 Å². The lowest BCUT2D eigenvalue weighted by atomic mass is 10.2. The molecule has 1 aliphatic carbocycles. The molecular formula is C8H6O2S. The molecular weight excluding hydrogens is 160 g/mol. The average Bonchev–Trinajstić information content (AvgIpc) is 2.31. The molecule has 0 fully saturated rings. The third kappa shape index (κ3) is 1.07. The first-order chi connectivity index (χ1) is 5.17. The molecule has 0 aromatic heterocycles. The maximum atomic E-state index is 11.0. The zero-order chi connectivity index (χ0) is 7.90. The third-order valence-corrected chi connectivity index (χ3v) is 2.71. The molecule has 1 aliphatic heterocycles. The molecule has 0 amide bonds. The van der Waals surface area contributed by atoms with E-state index < -0.39 is 9.84 Å². The molecule has 0 spiro atoms. The monoisotopic (exact) mass is 166 g/mol. The van der Waals surface area contributed by atoms with Crippen molar-refractivity contribution >= 4 is 9.84 Å². The van der Waals surface area contributed by atoms with E-state index in [0.29, 0.717) is 0 Å². The molecule has 2 rings (SSSR count). The Balaban J connectivity index is 2.62. The average molecular weight is 166 g/mol. The SMILES string of the molecule is O=S1(=O)C=CC2=CC=CC2=C1. The molecule has 0 N–H and O–H groups in total. The fourth-order valence-electron chi connectivity index (χ4n) is 1.09. The fraction of sp³-hybridized carbons (Fsp3) is 0. The van der Waals surface area contributed by atoms with Crippen molar-refractivity contribution in [3.63, 3.8) is 0 Å². The summed E-state index contributed by atoms with van der Waals surface area (Å²) < 4.78 is 21.9. The molecule has 2 aliphatic rings. The van der Waals surface area contributed by atoms with Crippen molar-refractivity contribution in [2.45, 2.75) is 0 Å². The van der Waals surface area contributed by atoms with Crippen molar-refractivity contribution in [2.24, 2.45) is 0 Å². The van der Waals surface area contributed by atoms with Gasteiger partial charge in [0.25, 0.3) is 0 Å². The van der Waals surface area contributed by atoms with Crippen LogP contribution in [-0.4, -0.2) is 8.42 Å². The molecule has 11 heavy (non-hydrogen) atoms. The highest BCUT2D eigenvalue weighted by Crippen LogP contribution is 2.25. The van der Waals surface area contributed by atoms with Crippen LogP contribution in [0.5, 0.6) is 0 Å². The Kier molecular flexibility index (Phi) is 1.17. The van der Waals surface area contributed by atoms with Gasteiger partial charge in [0.2, 0.25) is 0 Å². The smallest absolute Gasteiger partial charge is 0.193 e. The van der Waals surface area contributed by atoms with Crippen LogP contribution in [-0.2, 0) is 9.84 Å². The molecule has 1 heterocycles. The number of fused-ring (bicyclic) bond motifs is 1. The van der Waals surface area contributed by atoms with Gasteiger partial charge in [-0.15, -0.1) is 0 Å². The van der Waals surface area contributed by atoms with Crippen molar-refractivity contribution in [3.05, 3.63) is 46.3 Å². The van der Waals surface area contributed by atoms with Gasteiger partial charge in [-0.05, 0) is 17.2 Å². The van der Waals surface area contributed by atoms with Crippen LogP contribution in [0.15, 0.2) is 46.3 Å². The quantitative estimate of drug-likeness (QED) is 0.543. The first-order valence-electron chi connectivity index (χ1n) is 3.21. The molecule has 0 bridgehead atoms. The molecule has 0 saturated heterocycles. The molecule has 0 unspecified atom stereocenters. The van der Waals surface area contributed by atoms with E-state index in [1.807, 2.05) is 12.2 Å². The van der Waals surface area contributed by atoms with E-state index in [4.69, 9.17) is 0 Å². The van der Waals surface area contributed by atoms with E-state index in [1.54, 1.807) is 12.2 Å². The summed E-state index contributed by atoms with van der Waals surface area (Å²) in [6, 6.07) is 0. The number of hydrogen-bond donors (Lipinski definition) is 0. The zero-order valence-corrected chi connectivity index (χ0v) is 6.51. The van der Waals surface area contributed by atoms with E-state index in [1.165, 1.54) is 10.8 Å². The molecule has 56 valence electrons. The van der Waals surface area contributed by atoms with Crippen LogP contribution in [0, 0.1) is 0 Å². The van der Waals surface area contributed by atoms with Gasteiger partial charge >= 0.3 is 0 Å². The van der Waals surface area contributed by atoms with Gasteiger partial charge in [0.15, 0.2) is 9.84 Å². The van der Waals surface area contributed by atoms with Crippen LogP contribution in [0.25, 0.3) is 0 Å². The van der Waals surface area contributed by atoms with Gasteiger partial charge < -0.3 is 0 Å². The predicted octanol–water partition coefficient (Wildman–Crippen LogP) is 1.31. The van der Waals surface area contributed by atoms with Crippen LogP contribution in [0.3, 0.4) is 0 Å². The second kappa shape index (κ2) is 1.95. The summed E-state index contributed by atoms with van der Waals surface area (Å²) in [5.74, 6) is 0. The highest BCUT2D eigenvalue weighted by molar-refractivity contribution is 7.97. The maximum Gasteiger partial charge on any atom is 0.193 e. The normalized spacial score (nSPS) is 24.4. The van der Waals surface area contributed by atoms with Crippen LogP contribution in [0.1, 0.15) is 0 Å². The molecule has 0 radical (unpaired) electrons. The second-order valence-electron chi connectivity index (χ2n) is 2.45. The number of sulfone groups is 1. The highest BCUT2D eigenvalue weighted by atomic mass is 32.2. The van der Waals surface area contributed by atoms with Gasteiger partial charge in [-0.2, -0.15) is 0 Å². The summed E-state index contributed by atoms with van der Waals surface area (Å²) in [6.07, 6.45) is 7.13. The minimum Gasteiger partial charge on any atom is -0.220 e. The number of rotatable bonds is 0. The second-order valence-corrected chi connectivity index (χ2v) is 4.13. The van der Waals surface area contributed by atoms with Crippen molar-refractivity contribution in [2.75, 3.05) is 0 Å². The lowest BCUT2D eigenvalue weighted by Crippen LogP contribution is -1.96. The Morgan fingerprint density at radius 2 is 1.91 bits per heavy atom. The molecule has 0 atom stereocenters. The van der Waals surface area contributed by atoms with Gasteiger partial charge in [0.05, 0.1) is 0 Å². The standard InChI is InChI=1S/C8H6O2S/c9-11(10)5-4-7-2-1-3-8(7)6-11/h1-6H. The Hall–Kier alpha value is -1.09. The van der Waals surface area contributed by atoms with E-state index in [2.05, 4.69) is 0 Å². The van der Waals surface area contributed by atoms with E-state index in [0.717, 1.165) is 11.1 Å². The minimum absolute atomic E-state index is 0.785. The fourth-order valence-corrected chi connectivity index (χ4v) is 2.07. The number of allylic oxidation sites excluding steroid dienone is 6. The van der Waals surface area contributed by atoms with E-state index >= 15 is 0 Å². The Morgan fingerprint density at radius 1 is 1.09 bits per heavy atom. The van der Waals surface area contributed by atoms with Crippen LogP contribution in [0.2, 0.25) is 0 Å². The summed E-state index contributed by atoms with van der Waals surface area (Å²) in [5, 5.41) is 2.50. The van der Waals surface area contributed by atoms with Gasteiger partial charge in [-0.3, -0.25) is 0 Å². The molecule has 2 nitrogen and oxygen atoms in total. The summed E-state index contributed by atoms with van der Waals surface area (Å²) >= 11 is 0. The van der Waals surface area contributed by atoms with E-state index in [-0.39, 0.29) is 0 Å². The number of hydrogen-bond acceptors (Lipinski definition) is 2. The molecule has 3 heteroatoms. The van der Waals surface area contributed by atoms with Crippen LogP contribution < -0.4 is 0 Å².